The summed E-state index contributed by atoms with van der Waals surface area (Å²) in [6, 6.07) is 71.2. The van der Waals surface area contributed by atoms with Crippen LogP contribution in [0.4, 0.5) is 0 Å². The predicted molar refractivity (Wildman–Crippen MR) is 265 cm³/mol. The van der Waals surface area contributed by atoms with Crippen LogP contribution in [-0.4, -0.2) is 0 Å². The van der Waals surface area contributed by atoms with Gasteiger partial charge in [-0.15, -0.1) is 0 Å². The third kappa shape index (κ3) is 4.73. The zero-order valence-electron chi connectivity index (χ0n) is 34.8. The SMILES string of the molecule is CC1(C)c2cc(-c3c4ccccc4c(-c4cccc5ccccc45)c4ccccc34)ccc2-c2ccc(-c3cc4c(ccc5c6ccccc6oc54)c4c3oc3ccccc34)cc21. The van der Waals surface area contributed by atoms with E-state index in [9.17, 15) is 0 Å². The molecule has 0 bridgehead atoms. The van der Waals surface area contributed by atoms with Gasteiger partial charge in [-0.25, -0.2) is 0 Å². The number of rotatable bonds is 3. The largest absolute Gasteiger partial charge is 0.455 e. The van der Waals surface area contributed by atoms with Gasteiger partial charge in [0.15, 0.2) is 0 Å². The van der Waals surface area contributed by atoms with Gasteiger partial charge in [-0.3, -0.25) is 0 Å². The van der Waals surface area contributed by atoms with Crippen molar-refractivity contribution >= 4 is 87.0 Å². The van der Waals surface area contributed by atoms with Crippen molar-refractivity contribution in [3.05, 3.63) is 205 Å². The van der Waals surface area contributed by atoms with Crippen LogP contribution in [0.25, 0.3) is 131 Å². The van der Waals surface area contributed by atoms with Gasteiger partial charge in [0.05, 0.1) is 0 Å². The highest BCUT2D eigenvalue weighted by Crippen LogP contribution is 2.53. The Kier molecular flexibility index (Phi) is 6.93. The zero-order chi connectivity index (χ0) is 41.6. The molecule has 14 rings (SSSR count). The molecule has 0 amide bonds. The molecule has 13 aromatic rings. The maximum absolute atomic E-state index is 6.81. The molecule has 0 N–H and O–H groups in total. The van der Waals surface area contributed by atoms with Gasteiger partial charge >= 0.3 is 0 Å². The molecule has 0 unspecified atom stereocenters. The van der Waals surface area contributed by atoms with E-state index >= 15 is 0 Å². The van der Waals surface area contributed by atoms with Crippen molar-refractivity contribution in [2.75, 3.05) is 0 Å². The lowest BCUT2D eigenvalue weighted by molar-refractivity contribution is 0.660. The molecule has 2 heteroatoms. The molecule has 294 valence electrons. The molecular formula is C61H38O2. The fourth-order valence-electron chi connectivity index (χ4n) is 11.3. The Bertz CT molecular complexity index is 4060. The van der Waals surface area contributed by atoms with Gasteiger partial charge in [0.2, 0.25) is 0 Å². The molecule has 0 fully saturated rings. The smallest absolute Gasteiger partial charge is 0.143 e. The van der Waals surface area contributed by atoms with Gasteiger partial charge in [-0.05, 0) is 124 Å². The van der Waals surface area contributed by atoms with E-state index in [-0.39, 0.29) is 5.41 Å². The quantitative estimate of drug-likeness (QED) is 0.166. The van der Waals surface area contributed by atoms with Crippen molar-refractivity contribution in [2.45, 2.75) is 19.3 Å². The average Bonchev–Trinajstić information content (AvgIpc) is 3.98. The van der Waals surface area contributed by atoms with E-state index in [1.807, 2.05) is 6.07 Å². The molecule has 0 radical (unpaired) electrons. The van der Waals surface area contributed by atoms with Crippen molar-refractivity contribution in [3.8, 4) is 44.5 Å². The van der Waals surface area contributed by atoms with Crippen LogP contribution in [0.15, 0.2) is 203 Å². The topological polar surface area (TPSA) is 26.3 Å². The first-order valence-electron chi connectivity index (χ1n) is 21.9. The van der Waals surface area contributed by atoms with Crippen LogP contribution < -0.4 is 0 Å². The van der Waals surface area contributed by atoms with Crippen LogP contribution in [0.2, 0.25) is 0 Å². The Morgan fingerprint density at radius 2 is 0.841 bits per heavy atom. The van der Waals surface area contributed by atoms with Gasteiger partial charge in [0.25, 0.3) is 0 Å². The molecule has 2 heterocycles. The summed E-state index contributed by atoms with van der Waals surface area (Å²) in [5.41, 5.74) is 15.9. The predicted octanol–water partition coefficient (Wildman–Crippen LogP) is 17.4. The lowest BCUT2D eigenvalue weighted by Crippen LogP contribution is -2.15. The normalized spacial score (nSPS) is 13.4. The molecular weight excluding hydrogens is 765 g/mol. The van der Waals surface area contributed by atoms with Crippen molar-refractivity contribution in [3.63, 3.8) is 0 Å². The molecule has 1 aliphatic rings. The Morgan fingerprint density at radius 3 is 1.56 bits per heavy atom. The van der Waals surface area contributed by atoms with Crippen molar-refractivity contribution < 1.29 is 8.83 Å². The summed E-state index contributed by atoms with van der Waals surface area (Å²) >= 11 is 0. The third-order valence-electron chi connectivity index (χ3n) is 14.2. The molecule has 0 atom stereocenters. The maximum Gasteiger partial charge on any atom is 0.143 e. The van der Waals surface area contributed by atoms with E-state index in [0.29, 0.717) is 0 Å². The van der Waals surface area contributed by atoms with Crippen LogP contribution in [0.3, 0.4) is 0 Å². The fourth-order valence-corrected chi connectivity index (χ4v) is 11.3. The first kappa shape index (κ1) is 34.7. The minimum atomic E-state index is -0.263. The van der Waals surface area contributed by atoms with E-state index < -0.39 is 0 Å². The molecule has 0 saturated carbocycles. The van der Waals surface area contributed by atoms with E-state index in [1.54, 1.807) is 0 Å². The van der Waals surface area contributed by atoms with E-state index in [2.05, 4.69) is 202 Å². The number of hydrogen-bond acceptors (Lipinski definition) is 2. The van der Waals surface area contributed by atoms with Crippen LogP contribution >= 0.6 is 0 Å². The number of furan rings is 2. The van der Waals surface area contributed by atoms with E-state index in [0.717, 1.165) is 65.8 Å². The summed E-state index contributed by atoms with van der Waals surface area (Å²) in [7, 11) is 0. The number of hydrogen-bond donors (Lipinski definition) is 0. The third-order valence-corrected chi connectivity index (χ3v) is 14.2. The Balaban J connectivity index is 0.963. The fraction of sp³-hybridized carbons (Fsp3) is 0.0492. The Morgan fingerprint density at radius 1 is 0.317 bits per heavy atom. The Hall–Kier alpha value is -7.94. The van der Waals surface area contributed by atoms with Crippen molar-refractivity contribution in [2.24, 2.45) is 0 Å². The zero-order valence-corrected chi connectivity index (χ0v) is 34.8. The summed E-state index contributed by atoms with van der Waals surface area (Å²) in [6.45, 7) is 4.78. The first-order chi connectivity index (χ1) is 31.0. The molecule has 63 heavy (non-hydrogen) atoms. The molecule has 2 nitrogen and oxygen atoms in total. The summed E-state index contributed by atoms with van der Waals surface area (Å²) in [5.74, 6) is 0. The average molecular weight is 803 g/mol. The standard InChI is InChI=1S/C61H38O2/c1-61(2)52-32-36(50-34-51-47(58-49-22-10-12-25-55(49)63-60(50)58)30-31-48-41-17-9-11-24-54(41)62-59(48)51)26-28-39(52)40-29-27-37(33-53(40)61)56-43-18-5-7-20-45(43)57(46-21-8-6-19-44(46)56)42-23-13-15-35-14-3-4-16-38(35)42/h3-34H,1-2H3. The maximum atomic E-state index is 6.81. The van der Waals surface area contributed by atoms with Gasteiger partial charge in [-0.2, -0.15) is 0 Å². The highest BCUT2D eigenvalue weighted by Gasteiger charge is 2.36. The second kappa shape index (κ2) is 12.6. The minimum Gasteiger partial charge on any atom is -0.455 e. The molecule has 2 aromatic heterocycles. The van der Waals surface area contributed by atoms with E-state index in [4.69, 9.17) is 8.83 Å². The van der Waals surface area contributed by atoms with Gasteiger partial charge in [0.1, 0.15) is 22.3 Å². The summed E-state index contributed by atoms with van der Waals surface area (Å²) < 4.78 is 13.5. The van der Waals surface area contributed by atoms with Crippen LogP contribution in [0.5, 0.6) is 0 Å². The second-order valence-electron chi connectivity index (χ2n) is 17.9. The number of fused-ring (bicyclic) bond motifs is 15. The van der Waals surface area contributed by atoms with Gasteiger partial charge in [0, 0.05) is 37.9 Å². The van der Waals surface area contributed by atoms with Gasteiger partial charge < -0.3 is 8.83 Å². The number of benzene rings is 11. The Labute approximate surface area is 363 Å². The minimum absolute atomic E-state index is 0.263. The summed E-state index contributed by atoms with van der Waals surface area (Å²) in [5, 5.41) is 14.3. The highest BCUT2D eigenvalue weighted by molar-refractivity contribution is 6.28. The number of para-hydroxylation sites is 2. The van der Waals surface area contributed by atoms with Crippen molar-refractivity contribution in [1.82, 2.24) is 0 Å². The molecule has 0 aliphatic heterocycles. The molecule has 11 aromatic carbocycles. The van der Waals surface area contributed by atoms with Crippen LogP contribution in [-0.2, 0) is 5.41 Å². The van der Waals surface area contributed by atoms with Gasteiger partial charge in [-0.1, -0.05) is 172 Å². The first-order valence-corrected chi connectivity index (χ1v) is 21.9. The molecule has 0 spiro atoms. The van der Waals surface area contributed by atoms with Crippen molar-refractivity contribution in [1.29, 1.82) is 0 Å². The summed E-state index contributed by atoms with van der Waals surface area (Å²) in [4.78, 5) is 0. The monoisotopic (exact) mass is 802 g/mol. The summed E-state index contributed by atoms with van der Waals surface area (Å²) in [6.07, 6.45) is 0. The van der Waals surface area contributed by atoms with E-state index in [1.165, 1.54) is 76.8 Å². The lowest BCUT2D eigenvalue weighted by Gasteiger charge is -2.23. The lowest BCUT2D eigenvalue weighted by atomic mass is 9.79. The second-order valence-corrected chi connectivity index (χ2v) is 17.9. The highest BCUT2D eigenvalue weighted by atomic mass is 16.3. The molecule has 0 saturated heterocycles. The van der Waals surface area contributed by atoms with Crippen LogP contribution in [0.1, 0.15) is 25.0 Å². The van der Waals surface area contributed by atoms with Crippen LogP contribution in [0, 0.1) is 0 Å². The molecule has 1 aliphatic carbocycles.